The summed E-state index contributed by atoms with van der Waals surface area (Å²) < 4.78 is 43.2. The number of hydrogen-bond donors (Lipinski definition) is 0. The van der Waals surface area contributed by atoms with E-state index in [-0.39, 0.29) is 28.7 Å². The molecule has 0 amide bonds. The van der Waals surface area contributed by atoms with Gasteiger partial charge in [0.15, 0.2) is 6.10 Å². The number of ether oxygens (including phenoxy) is 2. The Hall–Kier alpha value is -1.44. The minimum absolute atomic E-state index is 0.0660. The quantitative estimate of drug-likeness (QED) is 0.311. The van der Waals surface area contributed by atoms with Crippen molar-refractivity contribution in [3.63, 3.8) is 0 Å². The molecule has 0 aliphatic heterocycles. The van der Waals surface area contributed by atoms with Crippen LogP contribution in [0.1, 0.15) is 116 Å². The Morgan fingerprint density at radius 3 is 2.00 bits per heavy atom. The highest BCUT2D eigenvalue weighted by atomic mass is 32.2. The van der Waals surface area contributed by atoms with Gasteiger partial charge in [-0.15, -0.1) is 0 Å². The molecule has 39 heavy (non-hydrogen) atoms. The molecule has 0 radical (unpaired) electrons. The molecule has 0 unspecified atom stereocenters. The summed E-state index contributed by atoms with van der Waals surface area (Å²) in [5.41, 5.74) is -0.227. The van der Waals surface area contributed by atoms with Crippen LogP contribution in [0.4, 0.5) is 0 Å². The van der Waals surface area contributed by atoms with Gasteiger partial charge in [0, 0.05) is 24.6 Å². The lowest BCUT2D eigenvalue weighted by Gasteiger charge is -2.46. The van der Waals surface area contributed by atoms with E-state index in [0.29, 0.717) is 6.42 Å². The van der Waals surface area contributed by atoms with E-state index in [1.807, 2.05) is 34.6 Å². The maximum absolute atomic E-state index is 14.7. The maximum atomic E-state index is 14.7. The molecule has 0 aromatic heterocycles. The van der Waals surface area contributed by atoms with E-state index in [0.717, 1.165) is 69.8 Å². The van der Waals surface area contributed by atoms with Crippen LogP contribution in [-0.2, 0) is 24.3 Å². The molecule has 2 bridgehead atoms. The molecule has 4 atom stereocenters. The minimum Gasteiger partial charge on any atom is -0.460 e. The molecule has 0 heterocycles. The predicted octanol–water partition coefficient (Wildman–Crippen LogP) is 6.80. The average Bonchev–Trinajstić information content (AvgIpc) is 3.20. The minimum atomic E-state index is -3.58. The fourth-order valence-corrected chi connectivity index (χ4v) is 11.6. The Morgan fingerprint density at radius 2 is 1.49 bits per heavy atom. The van der Waals surface area contributed by atoms with E-state index in [1.54, 1.807) is 0 Å². The number of rotatable bonds is 9. The lowest BCUT2D eigenvalue weighted by Crippen LogP contribution is -2.55. The van der Waals surface area contributed by atoms with Crippen molar-refractivity contribution in [1.82, 2.24) is 4.31 Å². The second-order valence-electron chi connectivity index (χ2n) is 13.7. The van der Waals surface area contributed by atoms with Crippen molar-refractivity contribution < 1.29 is 22.7 Å². The van der Waals surface area contributed by atoms with Gasteiger partial charge in [-0.2, -0.15) is 4.31 Å². The zero-order valence-corrected chi connectivity index (χ0v) is 25.3. The van der Waals surface area contributed by atoms with Gasteiger partial charge in [0.1, 0.15) is 6.10 Å². The first-order chi connectivity index (χ1) is 18.5. The first kappa shape index (κ1) is 29.1. The highest BCUT2D eigenvalue weighted by Crippen LogP contribution is 2.73. The van der Waals surface area contributed by atoms with Crippen molar-refractivity contribution in [3.05, 3.63) is 35.9 Å². The lowest BCUT2D eigenvalue weighted by molar-refractivity contribution is -0.169. The molecule has 0 saturated heterocycles. The normalized spacial score (nSPS) is 32.4. The Morgan fingerprint density at radius 1 is 0.923 bits per heavy atom. The monoisotopic (exact) mass is 559 g/mol. The third-order valence-electron chi connectivity index (χ3n) is 11.6. The molecule has 6 nitrogen and oxygen atoms in total. The molecule has 4 aliphatic carbocycles. The number of carbonyl (C=O) groups excluding carboxylic acids is 1. The fraction of sp³-hybridized carbons (Fsp3) is 0.781. The van der Waals surface area contributed by atoms with Gasteiger partial charge < -0.3 is 9.47 Å². The zero-order valence-electron chi connectivity index (χ0n) is 24.5. The van der Waals surface area contributed by atoms with E-state index >= 15 is 0 Å². The van der Waals surface area contributed by atoms with Crippen LogP contribution in [0, 0.1) is 16.2 Å². The molecule has 218 valence electrons. The van der Waals surface area contributed by atoms with Crippen LogP contribution in [0.3, 0.4) is 0 Å². The number of carbonyl (C=O) groups is 1. The molecule has 4 saturated carbocycles. The highest BCUT2D eigenvalue weighted by Gasteiger charge is 2.72. The second kappa shape index (κ2) is 11.1. The third kappa shape index (κ3) is 5.10. The van der Waals surface area contributed by atoms with Gasteiger partial charge in [-0.25, -0.2) is 13.2 Å². The van der Waals surface area contributed by atoms with Crippen LogP contribution >= 0.6 is 0 Å². The van der Waals surface area contributed by atoms with Crippen LogP contribution in [0.2, 0.25) is 0 Å². The molecule has 0 N–H and O–H groups in total. The molecule has 1 aromatic rings. The van der Waals surface area contributed by atoms with Gasteiger partial charge in [0.05, 0.1) is 5.75 Å². The van der Waals surface area contributed by atoms with E-state index in [1.165, 1.54) is 20.0 Å². The van der Waals surface area contributed by atoms with Crippen molar-refractivity contribution >= 4 is 16.0 Å². The summed E-state index contributed by atoms with van der Waals surface area (Å²) in [6, 6.07) is 9.63. The van der Waals surface area contributed by atoms with Crippen LogP contribution in [-0.4, -0.2) is 49.7 Å². The Kier molecular flexibility index (Phi) is 8.27. The number of hydrogen-bond acceptors (Lipinski definition) is 5. The summed E-state index contributed by atoms with van der Waals surface area (Å²) in [6.45, 7) is 6.71. The second-order valence-corrected chi connectivity index (χ2v) is 15.5. The van der Waals surface area contributed by atoms with E-state index in [2.05, 4.69) is 20.8 Å². The Bertz CT molecular complexity index is 1090. The molecule has 1 aromatic carbocycles. The standard InChI is InChI=1S/C32H49NO5S/c1-30(2)31(3)20-21-32(30,27(22-31)38-29(34)28(37-4)24-14-8-5-9-15-24)23-39(35,36)33(25-16-10-6-11-17-25)26-18-12-7-13-19-26/h5,8-9,14-15,25-28H,6-7,10-13,16-23H2,1-4H3/t27-,28+,31-,32-/m1/s1. The topological polar surface area (TPSA) is 72.9 Å². The molecule has 7 heteroatoms. The average molecular weight is 560 g/mol. The summed E-state index contributed by atoms with van der Waals surface area (Å²) in [6.07, 6.45) is 11.8. The Labute approximate surface area is 236 Å². The number of benzene rings is 1. The summed E-state index contributed by atoms with van der Waals surface area (Å²) in [4.78, 5) is 13.6. The molecular weight excluding hydrogens is 510 g/mol. The van der Waals surface area contributed by atoms with Crippen molar-refractivity contribution in [2.24, 2.45) is 16.2 Å². The van der Waals surface area contributed by atoms with Crippen LogP contribution in [0.15, 0.2) is 30.3 Å². The van der Waals surface area contributed by atoms with Crippen molar-refractivity contribution in [2.75, 3.05) is 12.9 Å². The summed E-state index contributed by atoms with van der Waals surface area (Å²) in [5.74, 6) is -0.356. The highest BCUT2D eigenvalue weighted by molar-refractivity contribution is 7.89. The molecule has 4 fully saturated rings. The number of sulfonamides is 1. The van der Waals surface area contributed by atoms with Crippen LogP contribution in [0.25, 0.3) is 0 Å². The first-order valence-corrected chi connectivity index (χ1v) is 17.0. The van der Waals surface area contributed by atoms with Gasteiger partial charge in [0.2, 0.25) is 10.0 Å². The number of methoxy groups -OCH3 is 1. The largest absolute Gasteiger partial charge is 0.460 e. The lowest BCUT2D eigenvalue weighted by atomic mass is 9.65. The Balaban J connectivity index is 1.46. The fourth-order valence-electron chi connectivity index (χ4n) is 8.77. The van der Waals surface area contributed by atoms with Gasteiger partial charge >= 0.3 is 5.97 Å². The number of esters is 1. The summed E-state index contributed by atoms with van der Waals surface area (Å²) >= 11 is 0. The van der Waals surface area contributed by atoms with Crippen molar-refractivity contribution in [2.45, 2.75) is 129 Å². The first-order valence-electron chi connectivity index (χ1n) is 15.3. The molecular formula is C32H49NO5S. The summed E-state index contributed by atoms with van der Waals surface area (Å²) in [5, 5.41) is 0. The van der Waals surface area contributed by atoms with Crippen molar-refractivity contribution in [1.29, 1.82) is 0 Å². The van der Waals surface area contributed by atoms with Gasteiger partial charge in [0.25, 0.3) is 0 Å². The maximum Gasteiger partial charge on any atom is 0.340 e. The van der Waals surface area contributed by atoms with Crippen LogP contribution < -0.4 is 0 Å². The third-order valence-corrected chi connectivity index (χ3v) is 13.7. The van der Waals surface area contributed by atoms with E-state index in [9.17, 15) is 13.2 Å². The number of fused-ring (bicyclic) bond motifs is 2. The smallest absolute Gasteiger partial charge is 0.340 e. The zero-order chi connectivity index (χ0) is 27.9. The SMILES string of the molecule is CO[C@H](C(=O)O[C@@H]1C[C@@]2(C)CC[C@]1(CS(=O)(=O)N(C1CCCCC1)C1CCCCC1)C2(C)C)c1ccccc1. The van der Waals surface area contributed by atoms with Crippen molar-refractivity contribution in [3.8, 4) is 0 Å². The van der Waals surface area contributed by atoms with Gasteiger partial charge in [-0.1, -0.05) is 89.6 Å². The molecule has 0 spiro atoms. The molecule has 4 aliphatic rings. The molecule has 5 rings (SSSR count). The van der Waals surface area contributed by atoms with E-state index < -0.39 is 33.6 Å². The summed E-state index contributed by atoms with van der Waals surface area (Å²) in [7, 11) is -2.06. The van der Waals surface area contributed by atoms with Gasteiger partial charge in [-0.3, -0.25) is 0 Å². The number of nitrogens with zero attached hydrogens (tertiary/aromatic N) is 1. The predicted molar refractivity (Wildman–Crippen MR) is 154 cm³/mol. The van der Waals surface area contributed by atoms with Gasteiger partial charge in [-0.05, 0) is 61.3 Å². The van der Waals surface area contributed by atoms with Crippen LogP contribution in [0.5, 0.6) is 0 Å². The van der Waals surface area contributed by atoms with E-state index in [4.69, 9.17) is 9.47 Å².